The van der Waals surface area contributed by atoms with Crippen LogP contribution in [0, 0.1) is 5.82 Å². The summed E-state index contributed by atoms with van der Waals surface area (Å²) in [6, 6.07) is 17.6. The van der Waals surface area contributed by atoms with Crippen molar-refractivity contribution >= 4 is 37.3 Å². The summed E-state index contributed by atoms with van der Waals surface area (Å²) in [6.45, 7) is 1.97. The second-order valence-electron chi connectivity index (χ2n) is 8.71. The minimum Gasteiger partial charge on any atom is -0.296 e. The molecule has 1 atom stereocenters. The Morgan fingerprint density at radius 3 is 2.72 bits per heavy atom. The maximum absolute atomic E-state index is 14.2. The van der Waals surface area contributed by atoms with Crippen molar-refractivity contribution in [1.82, 2.24) is 8.87 Å². The lowest BCUT2D eigenvalue weighted by Gasteiger charge is -2.29. The van der Waals surface area contributed by atoms with Gasteiger partial charge in [-0.2, -0.15) is 0 Å². The van der Waals surface area contributed by atoms with Crippen LogP contribution in [0.15, 0.2) is 77.8 Å². The fourth-order valence-electron chi connectivity index (χ4n) is 5.31. The molecule has 0 spiro atoms. The van der Waals surface area contributed by atoms with Gasteiger partial charge in [-0.1, -0.05) is 42.5 Å². The molecule has 6 heteroatoms. The van der Waals surface area contributed by atoms with Crippen molar-refractivity contribution in [1.29, 1.82) is 0 Å². The van der Waals surface area contributed by atoms with E-state index in [1.165, 1.54) is 22.5 Å². The molecule has 4 nitrogen and oxygen atoms in total. The molecule has 32 heavy (non-hydrogen) atoms. The molecule has 0 saturated carbocycles. The molecule has 162 valence electrons. The summed E-state index contributed by atoms with van der Waals surface area (Å²) in [5, 5.41) is 2.19. The fraction of sp³-hybridized carbons (Fsp3) is 0.231. The highest BCUT2D eigenvalue weighted by molar-refractivity contribution is 7.90. The molecule has 2 aliphatic rings. The Labute approximate surface area is 186 Å². The quantitative estimate of drug-likeness (QED) is 0.422. The van der Waals surface area contributed by atoms with Gasteiger partial charge in [-0.15, -0.1) is 0 Å². The number of rotatable bonds is 3. The molecular formula is C26H23FN2O2S. The number of hydrogen-bond donors (Lipinski definition) is 0. The first-order chi connectivity index (χ1) is 15.5. The van der Waals surface area contributed by atoms with E-state index < -0.39 is 10.0 Å². The van der Waals surface area contributed by atoms with Crippen molar-refractivity contribution in [3.8, 4) is 0 Å². The SMILES string of the molecule is O=S(=O)(c1cccc2ccccc12)n1cc(C2=CCN3CCC[C@H]3C2)c2cc(F)ccc21. The van der Waals surface area contributed by atoms with Gasteiger partial charge in [0.2, 0.25) is 0 Å². The van der Waals surface area contributed by atoms with Crippen molar-refractivity contribution in [2.24, 2.45) is 0 Å². The molecule has 0 aliphatic carbocycles. The van der Waals surface area contributed by atoms with Crippen LogP contribution in [0.1, 0.15) is 24.8 Å². The molecule has 0 unspecified atom stereocenters. The zero-order valence-corrected chi connectivity index (χ0v) is 18.4. The Bertz CT molecular complexity index is 1500. The molecule has 1 aromatic heterocycles. The van der Waals surface area contributed by atoms with Gasteiger partial charge in [0, 0.05) is 35.1 Å². The first kappa shape index (κ1) is 19.7. The van der Waals surface area contributed by atoms with Crippen molar-refractivity contribution < 1.29 is 12.8 Å². The van der Waals surface area contributed by atoms with Gasteiger partial charge in [0.1, 0.15) is 5.82 Å². The number of nitrogens with zero attached hydrogens (tertiary/aromatic N) is 2. The molecule has 0 bridgehead atoms. The Morgan fingerprint density at radius 1 is 0.969 bits per heavy atom. The zero-order chi connectivity index (χ0) is 21.9. The molecule has 2 aliphatic heterocycles. The molecule has 0 N–H and O–H groups in total. The third kappa shape index (κ3) is 3.01. The average Bonchev–Trinajstić information content (AvgIpc) is 3.42. The van der Waals surface area contributed by atoms with E-state index in [2.05, 4.69) is 11.0 Å². The lowest BCUT2D eigenvalue weighted by molar-refractivity contribution is 0.275. The van der Waals surface area contributed by atoms with Gasteiger partial charge in [-0.3, -0.25) is 4.90 Å². The van der Waals surface area contributed by atoms with Gasteiger partial charge >= 0.3 is 0 Å². The van der Waals surface area contributed by atoms with Gasteiger partial charge in [0.05, 0.1) is 10.4 Å². The highest BCUT2D eigenvalue weighted by Gasteiger charge is 2.30. The molecule has 3 heterocycles. The van der Waals surface area contributed by atoms with Gasteiger partial charge in [0.15, 0.2) is 0 Å². The van der Waals surface area contributed by atoms with Crippen LogP contribution in [0.3, 0.4) is 0 Å². The summed E-state index contributed by atoms with van der Waals surface area (Å²) >= 11 is 0. The van der Waals surface area contributed by atoms with Crippen LogP contribution in [-0.2, 0) is 10.0 Å². The lowest BCUT2D eigenvalue weighted by Crippen LogP contribution is -2.32. The third-order valence-corrected chi connectivity index (χ3v) is 8.62. The van der Waals surface area contributed by atoms with Crippen LogP contribution >= 0.6 is 0 Å². The molecule has 6 rings (SSSR count). The van der Waals surface area contributed by atoms with Gasteiger partial charge in [0.25, 0.3) is 10.0 Å². The number of hydrogen-bond acceptors (Lipinski definition) is 3. The maximum Gasteiger partial charge on any atom is 0.268 e. The minimum atomic E-state index is -3.88. The average molecular weight is 447 g/mol. The number of halogens is 1. The first-order valence-corrected chi connectivity index (χ1v) is 12.4. The Kier molecular flexibility index (Phi) is 4.49. The van der Waals surface area contributed by atoms with Crippen LogP contribution in [-0.4, -0.2) is 36.4 Å². The van der Waals surface area contributed by atoms with E-state index >= 15 is 0 Å². The fourth-order valence-corrected chi connectivity index (χ4v) is 6.89. The number of aromatic nitrogens is 1. The highest BCUT2D eigenvalue weighted by atomic mass is 32.2. The minimum absolute atomic E-state index is 0.253. The molecule has 0 radical (unpaired) electrons. The Morgan fingerprint density at radius 2 is 1.81 bits per heavy atom. The van der Waals surface area contributed by atoms with E-state index in [9.17, 15) is 12.8 Å². The topological polar surface area (TPSA) is 42.3 Å². The van der Waals surface area contributed by atoms with Crippen molar-refractivity contribution in [3.05, 3.63) is 84.3 Å². The summed E-state index contributed by atoms with van der Waals surface area (Å²) in [5.41, 5.74) is 2.43. The molecule has 4 aromatic rings. The van der Waals surface area contributed by atoms with Crippen LogP contribution in [0.5, 0.6) is 0 Å². The van der Waals surface area contributed by atoms with Crippen LogP contribution < -0.4 is 0 Å². The molecule has 0 amide bonds. The summed E-state index contributed by atoms with van der Waals surface area (Å²) in [5.74, 6) is -0.363. The van der Waals surface area contributed by atoms with Gasteiger partial charge in [-0.25, -0.2) is 16.8 Å². The van der Waals surface area contributed by atoms with E-state index in [0.29, 0.717) is 22.3 Å². The molecule has 1 fully saturated rings. The van der Waals surface area contributed by atoms with Gasteiger partial charge < -0.3 is 0 Å². The smallest absolute Gasteiger partial charge is 0.268 e. The summed E-state index contributed by atoms with van der Waals surface area (Å²) in [4.78, 5) is 2.72. The first-order valence-electron chi connectivity index (χ1n) is 11.0. The normalized spacial score (nSPS) is 19.4. The standard InChI is InChI=1S/C26H23FN2O2S/c27-20-10-11-25-23(16-20)24(19-12-14-28-13-4-7-21(28)15-19)17-29(25)32(30,31)26-9-3-6-18-5-1-2-8-22(18)26/h1-3,5-6,8-12,16-17,21H,4,7,13-15H2/t21-/m0/s1. The zero-order valence-electron chi connectivity index (χ0n) is 17.5. The van der Waals surface area contributed by atoms with Crippen molar-refractivity contribution in [3.63, 3.8) is 0 Å². The predicted octanol–water partition coefficient (Wildman–Crippen LogP) is 5.42. The van der Waals surface area contributed by atoms with Crippen LogP contribution in [0.2, 0.25) is 0 Å². The van der Waals surface area contributed by atoms with E-state index in [-0.39, 0.29) is 10.7 Å². The van der Waals surface area contributed by atoms with Crippen molar-refractivity contribution in [2.45, 2.75) is 30.2 Å². The number of fused-ring (bicyclic) bond motifs is 3. The third-order valence-electron chi connectivity index (χ3n) is 6.89. The predicted molar refractivity (Wildman–Crippen MR) is 126 cm³/mol. The molecule has 3 aromatic carbocycles. The lowest BCUT2D eigenvalue weighted by atomic mass is 9.94. The summed E-state index contributed by atoms with van der Waals surface area (Å²) < 4.78 is 43.3. The maximum atomic E-state index is 14.2. The molecular weight excluding hydrogens is 423 g/mol. The van der Waals surface area contributed by atoms with Crippen LogP contribution in [0.4, 0.5) is 4.39 Å². The summed E-state index contributed by atoms with van der Waals surface area (Å²) in [6.07, 6.45) is 7.08. The number of benzene rings is 3. The Balaban J connectivity index is 1.56. The highest BCUT2D eigenvalue weighted by Crippen LogP contribution is 2.38. The van der Waals surface area contributed by atoms with Gasteiger partial charge in [-0.05, 0) is 61.0 Å². The monoisotopic (exact) mass is 446 g/mol. The van der Waals surface area contributed by atoms with E-state index in [1.807, 2.05) is 30.3 Å². The van der Waals surface area contributed by atoms with Crippen LogP contribution in [0.25, 0.3) is 27.2 Å². The summed E-state index contributed by atoms with van der Waals surface area (Å²) in [7, 11) is -3.88. The van der Waals surface area contributed by atoms with E-state index in [0.717, 1.165) is 42.5 Å². The second kappa shape index (κ2) is 7.29. The molecule has 1 saturated heterocycles. The van der Waals surface area contributed by atoms with Crippen molar-refractivity contribution in [2.75, 3.05) is 13.1 Å². The Hall–Kier alpha value is -2.96. The van der Waals surface area contributed by atoms with E-state index in [1.54, 1.807) is 24.4 Å². The van der Waals surface area contributed by atoms with E-state index in [4.69, 9.17) is 0 Å². The second-order valence-corrected chi connectivity index (χ2v) is 10.5. The largest absolute Gasteiger partial charge is 0.296 e.